The van der Waals surface area contributed by atoms with Crippen LogP contribution in [0.2, 0.25) is 0 Å². The molecule has 5 heteroatoms. The number of aliphatic imine (C=N–C) groups is 1. The lowest BCUT2D eigenvalue weighted by Crippen LogP contribution is -2.23. The molecule has 1 N–H and O–H groups in total. The number of para-hydroxylation sites is 1. The van der Waals surface area contributed by atoms with E-state index in [1.54, 1.807) is 37.5 Å². The molecule has 0 aliphatic rings. The number of nitrogens with zero attached hydrogens (tertiary/aromatic N) is 3. The Morgan fingerprint density at radius 2 is 2.00 bits per heavy atom. The SMILES string of the molecule is C/C=C(\C=N/C)c1nc2ccccc2c(=O)n1-c1cccc(O)c1. The number of aromatic nitrogens is 2. The molecular formula is C19H17N3O2. The number of allylic oxidation sites excluding steroid dienone is 2. The number of benzene rings is 2. The van der Waals surface area contributed by atoms with Crippen LogP contribution in [0.3, 0.4) is 0 Å². The highest BCUT2D eigenvalue weighted by atomic mass is 16.3. The van der Waals surface area contributed by atoms with Gasteiger partial charge in [0.2, 0.25) is 0 Å². The predicted molar refractivity (Wildman–Crippen MR) is 97.1 cm³/mol. The third-order valence-electron chi connectivity index (χ3n) is 3.70. The Labute approximate surface area is 139 Å². The van der Waals surface area contributed by atoms with E-state index >= 15 is 0 Å². The number of phenols is 1. The maximum atomic E-state index is 13.1. The summed E-state index contributed by atoms with van der Waals surface area (Å²) >= 11 is 0. The van der Waals surface area contributed by atoms with Gasteiger partial charge in [-0.05, 0) is 31.2 Å². The van der Waals surface area contributed by atoms with Crippen molar-refractivity contribution in [1.82, 2.24) is 9.55 Å². The highest BCUT2D eigenvalue weighted by Crippen LogP contribution is 2.20. The predicted octanol–water partition coefficient (Wildman–Crippen LogP) is 3.20. The van der Waals surface area contributed by atoms with Gasteiger partial charge in [0.05, 0.1) is 16.6 Å². The van der Waals surface area contributed by atoms with Gasteiger partial charge in [-0.25, -0.2) is 4.98 Å². The van der Waals surface area contributed by atoms with Crippen LogP contribution in [-0.2, 0) is 0 Å². The van der Waals surface area contributed by atoms with Crippen molar-refractivity contribution in [3.63, 3.8) is 0 Å². The van der Waals surface area contributed by atoms with E-state index in [1.807, 2.05) is 31.2 Å². The van der Waals surface area contributed by atoms with Crippen molar-refractivity contribution in [3.05, 3.63) is 70.8 Å². The zero-order valence-corrected chi connectivity index (χ0v) is 13.5. The molecule has 2 aromatic carbocycles. The summed E-state index contributed by atoms with van der Waals surface area (Å²) in [5.41, 5.74) is 1.71. The van der Waals surface area contributed by atoms with Crippen LogP contribution in [0.1, 0.15) is 12.7 Å². The molecule has 0 saturated carbocycles. The van der Waals surface area contributed by atoms with Crippen molar-refractivity contribution < 1.29 is 5.11 Å². The van der Waals surface area contributed by atoms with Crippen molar-refractivity contribution >= 4 is 22.7 Å². The van der Waals surface area contributed by atoms with Crippen LogP contribution in [-0.4, -0.2) is 27.9 Å². The maximum Gasteiger partial charge on any atom is 0.266 e. The quantitative estimate of drug-likeness (QED) is 0.754. The van der Waals surface area contributed by atoms with Crippen LogP contribution in [0, 0.1) is 0 Å². The first-order valence-electron chi connectivity index (χ1n) is 7.55. The van der Waals surface area contributed by atoms with Gasteiger partial charge in [0, 0.05) is 24.9 Å². The Hall–Kier alpha value is -3.21. The zero-order valence-electron chi connectivity index (χ0n) is 13.5. The van der Waals surface area contributed by atoms with Crippen LogP contribution in [0.15, 0.2) is 64.4 Å². The van der Waals surface area contributed by atoms with Gasteiger partial charge in [-0.3, -0.25) is 14.4 Å². The Morgan fingerprint density at radius 1 is 1.21 bits per heavy atom. The lowest BCUT2D eigenvalue weighted by molar-refractivity contribution is 0.475. The van der Waals surface area contributed by atoms with E-state index in [0.29, 0.717) is 22.4 Å². The standard InChI is InChI=1S/C19H17N3O2/c1-3-13(12-20-2)18-21-17-10-5-4-9-16(17)19(24)22(18)14-7-6-8-15(23)11-14/h3-12,23H,1-2H3/b13-3+,20-12-. The van der Waals surface area contributed by atoms with E-state index in [9.17, 15) is 9.90 Å². The molecule has 0 spiro atoms. The zero-order chi connectivity index (χ0) is 17.1. The molecule has 0 amide bonds. The molecule has 3 rings (SSSR count). The van der Waals surface area contributed by atoms with Crippen molar-refractivity contribution in [1.29, 1.82) is 0 Å². The molecule has 0 radical (unpaired) electrons. The second-order valence-corrected chi connectivity index (χ2v) is 5.24. The lowest BCUT2D eigenvalue weighted by atomic mass is 10.2. The number of rotatable bonds is 3. The van der Waals surface area contributed by atoms with Crippen LogP contribution < -0.4 is 5.56 Å². The molecule has 3 aromatic rings. The van der Waals surface area contributed by atoms with E-state index in [1.165, 1.54) is 10.6 Å². The van der Waals surface area contributed by atoms with Gasteiger partial charge < -0.3 is 5.11 Å². The molecule has 0 unspecified atom stereocenters. The largest absolute Gasteiger partial charge is 0.508 e. The Morgan fingerprint density at radius 3 is 2.71 bits per heavy atom. The fourth-order valence-corrected chi connectivity index (χ4v) is 2.60. The molecule has 0 bridgehead atoms. The molecule has 0 aliphatic carbocycles. The second-order valence-electron chi connectivity index (χ2n) is 5.24. The van der Waals surface area contributed by atoms with Gasteiger partial charge >= 0.3 is 0 Å². The maximum absolute atomic E-state index is 13.1. The molecule has 1 heterocycles. The monoisotopic (exact) mass is 319 g/mol. The van der Waals surface area contributed by atoms with E-state index in [4.69, 9.17) is 0 Å². The molecule has 5 nitrogen and oxygen atoms in total. The summed E-state index contributed by atoms with van der Waals surface area (Å²) in [7, 11) is 1.67. The summed E-state index contributed by atoms with van der Waals surface area (Å²) in [6.45, 7) is 1.87. The number of hydrogen-bond donors (Lipinski definition) is 1. The minimum atomic E-state index is -0.190. The summed E-state index contributed by atoms with van der Waals surface area (Å²) in [6, 6.07) is 13.8. The third kappa shape index (κ3) is 2.72. The van der Waals surface area contributed by atoms with E-state index < -0.39 is 0 Å². The normalized spacial score (nSPS) is 12.2. The average molecular weight is 319 g/mol. The summed E-state index contributed by atoms with van der Waals surface area (Å²) in [5, 5.41) is 10.3. The fraction of sp³-hybridized carbons (Fsp3) is 0.105. The smallest absolute Gasteiger partial charge is 0.266 e. The molecule has 0 fully saturated rings. The van der Waals surface area contributed by atoms with Crippen molar-refractivity contribution in [2.24, 2.45) is 4.99 Å². The number of phenolic OH excluding ortho intramolecular Hbond substituents is 1. The molecule has 24 heavy (non-hydrogen) atoms. The molecule has 120 valence electrons. The van der Waals surface area contributed by atoms with E-state index in [0.717, 1.165) is 5.57 Å². The van der Waals surface area contributed by atoms with Gasteiger partial charge in [0.25, 0.3) is 5.56 Å². The number of fused-ring (bicyclic) bond motifs is 1. The first-order chi connectivity index (χ1) is 11.7. The average Bonchev–Trinajstić information content (AvgIpc) is 2.59. The topological polar surface area (TPSA) is 67.5 Å². The molecule has 0 atom stereocenters. The van der Waals surface area contributed by atoms with Gasteiger partial charge in [-0.2, -0.15) is 0 Å². The van der Waals surface area contributed by atoms with Gasteiger partial charge in [-0.15, -0.1) is 0 Å². The molecule has 0 saturated heterocycles. The second kappa shape index (κ2) is 6.50. The third-order valence-corrected chi connectivity index (χ3v) is 3.70. The van der Waals surface area contributed by atoms with Crippen LogP contribution in [0.5, 0.6) is 5.75 Å². The Kier molecular flexibility index (Phi) is 4.24. The van der Waals surface area contributed by atoms with Crippen molar-refractivity contribution in [2.45, 2.75) is 6.92 Å². The van der Waals surface area contributed by atoms with E-state index in [-0.39, 0.29) is 11.3 Å². The summed E-state index contributed by atoms with van der Waals surface area (Å²) < 4.78 is 1.50. The van der Waals surface area contributed by atoms with Gasteiger partial charge in [0.1, 0.15) is 11.6 Å². The number of hydrogen-bond acceptors (Lipinski definition) is 4. The van der Waals surface area contributed by atoms with Gasteiger partial charge in [0.15, 0.2) is 0 Å². The fourth-order valence-electron chi connectivity index (χ4n) is 2.60. The molecule has 1 aromatic heterocycles. The summed E-state index contributed by atoms with van der Waals surface area (Å²) in [4.78, 5) is 21.8. The van der Waals surface area contributed by atoms with Crippen molar-refractivity contribution in [3.8, 4) is 11.4 Å². The lowest BCUT2D eigenvalue weighted by Gasteiger charge is -2.14. The van der Waals surface area contributed by atoms with Gasteiger partial charge in [-0.1, -0.05) is 24.3 Å². The minimum Gasteiger partial charge on any atom is -0.508 e. The first kappa shape index (κ1) is 15.7. The van der Waals surface area contributed by atoms with Crippen LogP contribution >= 0.6 is 0 Å². The van der Waals surface area contributed by atoms with Crippen molar-refractivity contribution in [2.75, 3.05) is 7.05 Å². The van der Waals surface area contributed by atoms with Crippen LogP contribution in [0.25, 0.3) is 22.2 Å². The highest BCUT2D eigenvalue weighted by Gasteiger charge is 2.15. The summed E-state index contributed by atoms with van der Waals surface area (Å²) in [5.74, 6) is 0.571. The summed E-state index contributed by atoms with van der Waals surface area (Å²) in [6.07, 6.45) is 3.51. The first-order valence-corrected chi connectivity index (χ1v) is 7.55. The highest BCUT2D eigenvalue weighted by molar-refractivity contribution is 6.08. The van der Waals surface area contributed by atoms with Crippen LogP contribution in [0.4, 0.5) is 0 Å². The molecule has 0 aliphatic heterocycles. The minimum absolute atomic E-state index is 0.0877. The van der Waals surface area contributed by atoms with E-state index in [2.05, 4.69) is 9.98 Å². The number of aromatic hydroxyl groups is 1. The molecular weight excluding hydrogens is 302 g/mol. The Balaban J connectivity index is 2.44. The Bertz CT molecular complexity index is 1020.